The van der Waals surface area contributed by atoms with Gasteiger partial charge in [-0.1, -0.05) is 0 Å². The fraction of sp³-hybridized carbons (Fsp3) is 0.368. The number of carbonyl (C=O) groups is 1. The van der Waals surface area contributed by atoms with Gasteiger partial charge in [0, 0.05) is 25.2 Å². The van der Waals surface area contributed by atoms with Gasteiger partial charge in [0.25, 0.3) is 0 Å². The van der Waals surface area contributed by atoms with Gasteiger partial charge >= 0.3 is 5.97 Å². The Kier molecular flexibility index (Phi) is 5.85. The van der Waals surface area contributed by atoms with Crippen LogP contribution in [0.3, 0.4) is 0 Å². The Labute approximate surface area is 157 Å². The predicted molar refractivity (Wildman–Crippen MR) is 101 cm³/mol. The molecule has 1 aliphatic rings. The van der Waals surface area contributed by atoms with Crippen molar-refractivity contribution < 1.29 is 23.4 Å². The lowest BCUT2D eigenvalue weighted by molar-refractivity contribution is 0.0599. The van der Waals surface area contributed by atoms with Crippen LogP contribution in [0.1, 0.15) is 28.3 Å². The van der Waals surface area contributed by atoms with Crippen molar-refractivity contribution in [2.24, 2.45) is 4.99 Å². The van der Waals surface area contributed by atoms with E-state index in [9.17, 15) is 4.79 Å². The molecular weight excluding hydrogens is 350 g/mol. The maximum atomic E-state index is 11.7. The molecule has 27 heavy (non-hydrogen) atoms. The summed E-state index contributed by atoms with van der Waals surface area (Å²) in [6, 6.07) is 7.30. The topological polar surface area (TPSA) is 94.3 Å². The van der Waals surface area contributed by atoms with Crippen LogP contribution in [0.5, 0.6) is 11.5 Å². The van der Waals surface area contributed by atoms with Gasteiger partial charge in [0.1, 0.15) is 17.1 Å². The van der Waals surface area contributed by atoms with Crippen molar-refractivity contribution in [3.05, 3.63) is 41.3 Å². The minimum atomic E-state index is -0.419. The Morgan fingerprint density at radius 2 is 2.00 bits per heavy atom. The standard InChI is InChI=1S/C19H23N3O5/c1-12-15(18(23)24-3)10-14(27-12)11-21-19(20-2)22-13-5-6-16-17(9-13)26-8-4-7-25-16/h5-6,9-10H,4,7-8,11H2,1-3H3,(H2,20,21,22). The number of hydrogen-bond donors (Lipinski definition) is 2. The maximum absolute atomic E-state index is 11.7. The smallest absolute Gasteiger partial charge is 0.341 e. The third-order valence-corrected chi connectivity index (χ3v) is 4.04. The molecule has 1 aliphatic heterocycles. The molecule has 8 nitrogen and oxygen atoms in total. The van der Waals surface area contributed by atoms with Gasteiger partial charge in [-0.05, 0) is 25.1 Å². The summed E-state index contributed by atoms with van der Waals surface area (Å²) in [5, 5.41) is 6.34. The Bertz CT molecular complexity index is 844. The van der Waals surface area contributed by atoms with E-state index in [0.29, 0.717) is 48.6 Å². The molecule has 2 N–H and O–H groups in total. The molecular formula is C19H23N3O5. The third kappa shape index (κ3) is 4.52. The van der Waals surface area contributed by atoms with Crippen LogP contribution >= 0.6 is 0 Å². The number of anilines is 1. The van der Waals surface area contributed by atoms with Gasteiger partial charge in [0.2, 0.25) is 0 Å². The Morgan fingerprint density at radius 1 is 1.22 bits per heavy atom. The largest absolute Gasteiger partial charge is 0.490 e. The average molecular weight is 373 g/mol. The number of aliphatic imine (C=N–C) groups is 1. The summed E-state index contributed by atoms with van der Waals surface area (Å²) in [4.78, 5) is 15.9. The second-order valence-corrected chi connectivity index (χ2v) is 5.94. The van der Waals surface area contributed by atoms with E-state index in [0.717, 1.165) is 17.9 Å². The molecule has 0 saturated heterocycles. The summed E-state index contributed by atoms with van der Waals surface area (Å²) >= 11 is 0. The average Bonchev–Trinajstić information content (AvgIpc) is 2.89. The van der Waals surface area contributed by atoms with Crippen LogP contribution in [0.4, 0.5) is 5.69 Å². The molecule has 1 aromatic carbocycles. The summed E-state index contributed by atoms with van der Waals surface area (Å²) in [7, 11) is 3.01. The zero-order valence-corrected chi connectivity index (χ0v) is 15.6. The molecule has 0 spiro atoms. The fourth-order valence-electron chi connectivity index (χ4n) is 2.67. The van der Waals surface area contributed by atoms with E-state index in [1.165, 1.54) is 7.11 Å². The number of nitrogens with one attached hydrogen (secondary N) is 2. The van der Waals surface area contributed by atoms with E-state index in [-0.39, 0.29) is 0 Å². The number of ether oxygens (including phenoxy) is 3. The molecule has 0 amide bonds. The highest BCUT2D eigenvalue weighted by Gasteiger charge is 2.16. The lowest BCUT2D eigenvalue weighted by Crippen LogP contribution is -2.30. The highest BCUT2D eigenvalue weighted by molar-refractivity contribution is 5.94. The maximum Gasteiger partial charge on any atom is 0.341 e. The van der Waals surface area contributed by atoms with Crippen LogP contribution in [0.2, 0.25) is 0 Å². The van der Waals surface area contributed by atoms with Crippen LogP contribution in [-0.4, -0.2) is 39.3 Å². The minimum Gasteiger partial charge on any atom is -0.490 e. The lowest BCUT2D eigenvalue weighted by Gasteiger charge is -2.13. The molecule has 1 aromatic heterocycles. The lowest BCUT2D eigenvalue weighted by atomic mass is 10.2. The summed E-state index contributed by atoms with van der Waals surface area (Å²) in [6.07, 6.45) is 0.858. The Hall–Kier alpha value is -3.16. The monoisotopic (exact) mass is 373 g/mol. The SMILES string of the molecule is CN=C(NCc1cc(C(=O)OC)c(C)o1)Nc1ccc2c(c1)OCCCO2. The summed E-state index contributed by atoms with van der Waals surface area (Å²) in [6.45, 7) is 3.37. The van der Waals surface area contributed by atoms with Crippen molar-refractivity contribution in [1.29, 1.82) is 0 Å². The Balaban J connectivity index is 1.63. The number of hydrogen-bond acceptors (Lipinski definition) is 6. The van der Waals surface area contributed by atoms with Crippen molar-refractivity contribution in [3.63, 3.8) is 0 Å². The second-order valence-electron chi connectivity index (χ2n) is 5.94. The van der Waals surface area contributed by atoms with E-state index in [1.54, 1.807) is 20.0 Å². The zero-order valence-electron chi connectivity index (χ0n) is 15.6. The molecule has 0 unspecified atom stereocenters. The number of fused-ring (bicyclic) bond motifs is 1. The predicted octanol–water partition coefficient (Wildman–Crippen LogP) is 2.72. The van der Waals surface area contributed by atoms with Crippen LogP contribution in [-0.2, 0) is 11.3 Å². The number of furan rings is 1. The van der Waals surface area contributed by atoms with Gasteiger partial charge in [0.05, 0.1) is 26.9 Å². The van der Waals surface area contributed by atoms with E-state index in [2.05, 4.69) is 15.6 Å². The first-order valence-electron chi connectivity index (χ1n) is 8.65. The molecule has 0 aliphatic carbocycles. The van der Waals surface area contributed by atoms with Gasteiger partial charge in [-0.2, -0.15) is 0 Å². The molecule has 0 saturated carbocycles. The van der Waals surface area contributed by atoms with Crippen LogP contribution in [0, 0.1) is 6.92 Å². The number of carbonyl (C=O) groups excluding carboxylic acids is 1. The van der Waals surface area contributed by atoms with Crippen molar-refractivity contribution in [3.8, 4) is 11.5 Å². The molecule has 3 rings (SSSR count). The van der Waals surface area contributed by atoms with E-state index < -0.39 is 5.97 Å². The minimum absolute atomic E-state index is 0.363. The van der Waals surface area contributed by atoms with Gasteiger partial charge in [-0.15, -0.1) is 0 Å². The quantitative estimate of drug-likeness (QED) is 0.483. The first kappa shape index (κ1) is 18.6. The number of rotatable bonds is 4. The van der Waals surface area contributed by atoms with Gasteiger partial charge in [0.15, 0.2) is 17.5 Å². The summed E-state index contributed by atoms with van der Waals surface area (Å²) < 4.78 is 21.7. The van der Waals surface area contributed by atoms with Gasteiger partial charge in [-0.25, -0.2) is 4.79 Å². The fourth-order valence-corrected chi connectivity index (χ4v) is 2.67. The zero-order chi connectivity index (χ0) is 19.2. The molecule has 0 bridgehead atoms. The van der Waals surface area contributed by atoms with E-state index in [4.69, 9.17) is 18.6 Å². The first-order valence-corrected chi connectivity index (χ1v) is 8.65. The number of methoxy groups -OCH3 is 1. The van der Waals surface area contributed by atoms with Crippen molar-refractivity contribution in [1.82, 2.24) is 5.32 Å². The summed E-state index contributed by atoms with van der Waals surface area (Å²) in [5.74, 6) is 2.70. The Morgan fingerprint density at radius 3 is 2.74 bits per heavy atom. The molecule has 2 aromatic rings. The van der Waals surface area contributed by atoms with Gasteiger partial charge < -0.3 is 29.3 Å². The number of aryl methyl sites for hydroxylation is 1. The molecule has 0 radical (unpaired) electrons. The van der Waals surface area contributed by atoms with E-state index >= 15 is 0 Å². The normalized spacial score (nSPS) is 13.7. The van der Waals surface area contributed by atoms with Crippen LogP contribution in [0.25, 0.3) is 0 Å². The van der Waals surface area contributed by atoms with E-state index in [1.807, 2.05) is 18.2 Å². The highest BCUT2D eigenvalue weighted by Crippen LogP contribution is 2.32. The van der Waals surface area contributed by atoms with Crippen molar-refractivity contribution >= 4 is 17.6 Å². The molecule has 0 fully saturated rings. The number of benzene rings is 1. The molecule has 144 valence electrons. The first-order chi connectivity index (χ1) is 13.1. The molecule has 2 heterocycles. The summed E-state index contributed by atoms with van der Waals surface area (Å²) in [5.41, 5.74) is 1.23. The number of nitrogens with zero attached hydrogens (tertiary/aromatic N) is 1. The third-order valence-electron chi connectivity index (χ3n) is 4.04. The molecule has 0 atom stereocenters. The van der Waals surface area contributed by atoms with Crippen LogP contribution in [0.15, 0.2) is 33.7 Å². The van der Waals surface area contributed by atoms with Gasteiger partial charge in [-0.3, -0.25) is 4.99 Å². The highest BCUT2D eigenvalue weighted by atomic mass is 16.5. The van der Waals surface area contributed by atoms with Crippen molar-refractivity contribution in [2.75, 3.05) is 32.7 Å². The van der Waals surface area contributed by atoms with Crippen molar-refractivity contribution in [2.45, 2.75) is 19.9 Å². The number of guanidine groups is 1. The number of esters is 1. The van der Waals surface area contributed by atoms with Crippen LogP contribution < -0.4 is 20.1 Å². The second kappa shape index (κ2) is 8.48. The molecule has 8 heteroatoms.